The number of ether oxygens (including phenoxy) is 1. The Labute approximate surface area is 212 Å². The van der Waals surface area contributed by atoms with Crippen molar-refractivity contribution in [3.8, 4) is 11.3 Å². The molecule has 0 radical (unpaired) electrons. The monoisotopic (exact) mass is 521 g/mol. The van der Waals surface area contributed by atoms with Gasteiger partial charge in [-0.3, -0.25) is 0 Å². The molecule has 0 fully saturated rings. The molecular weight excluding hydrogens is 497 g/mol. The third-order valence-corrected chi connectivity index (χ3v) is 6.52. The Morgan fingerprint density at radius 2 is 1.85 bits per heavy atom. The zero-order chi connectivity index (χ0) is 24.7. The van der Waals surface area contributed by atoms with Gasteiger partial charge in [-0.15, -0.1) is 11.3 Å². The van der Waals surface area contributed by atoms with Gasteiger partial charge in [-0.1, -0.05) is 73.4 Å². The van der Waals surface area contributed by atoms with Gasteiger partial charge in [0.05, 0.1) is 15.7 Å². The summed E-state index contributed by atoms with van der Waals surface area (Å²) in [6.45, 7) is 4.20. The number of benzene rings is 2. The van der Waals surface area contributed by atoms with E-state index >= 15 is 0 Å². The molecule has 1 atom stereocenters. The van der Waals surface area contributed by atoms with E-state index in [4.69, 9.17) is 27.9 Å². The Balaban J connectivity index is 1.67. The SMILES string of the molecule is CC(C)Cc1sc(NCC(NC(=O)OCc2ccccc2)C(=O)O)nc1-c1ccc(Cl)c(Cl)c1. The molecule has 0 aliphatic carbocycles. The van der Waals surface area contributed by atoms with Crippen molar-refractivity contribution in [1.82, 2.24) is 10.3 Å². The van der Waals surface area contributed by atoms with Gasteiger partial charge in [-0.2, -0.15) is 0 Å². The number of carbonyl (C=O) groups excluding carboxylic acids is 1. The number of thiazole rings is 1. The van der Waals surface area contributed by atoms with Crippen molar-refractivity contribution in [3.05, 3.63) is 69.0 Å². The number of hydrogen-bond acceptors (Lipinski definition) is 6. The summed E-state index contributed by atoms with van der Waals surface area (Å²) in [6, 6.07) is 13.3. The lowest BCUT2D eigenvalue weighted by atomic mass is 10.0. The summed E-state index contributed by atoms with van der Waals surface area (Å²) < 4.78 is 5.13. The van der Waals surface area contributed by atoms with Crippen LogP contribution >= 0.6 is 34.5 Å². The van der Waals surface area contributed by atoms with Gasteiger partial charge < -0.3 is 20.5 Å². The van der Waals surface area contributed by atoms with Crippen LogP contribution in [0.2, 0.25) is 10.0 Å². The third-order valence-electron chi connectivity index (χ3n) is 4.74. The Kier molecular flexibility index (Phi) is 9.15. The van der Waals surface area contributed by atoms with E-state index in [1.165, 1.54) is 11.3 Å². The number of alkyl carbamates (subject to hydrolysis) is 1. The summed E-state index contributed by atoms with van der Waals surface area (Å²) >= 11 is 13.7. The Bertz CT molecular complexity index is 1140. The number of aliphatic carboxylic acids is 1. The molecule has 0 saturated carbocycles. The fourth-order valence-corrected chi connectivity index (χ4v) is 4.60. The summed E-state index contributed by atoms with van der Waals surface area (Å²) in [5.74, 6) is -0.796. The molecule has 1 aromatic heterocycles. The zero-order valence-corrected chi connectivity index (χ0v) is 21.0. The van der Waals surface area contributed by atoms with E-state index in [0.717, 1.165) is 28.1 Å². The summed E-state index contributed by atoms with van der Waals surface area (Å²) in [4.78, 5) is 29.5. The van der Waals surface area contributed by atoms with E-state index in [9.17, 15) is 14.7 Å². The van der Waals surface area contributed by atoms with E-state index in [0.29, 0.717) is 21.1 Å². The number of nitrogens with one attached hydrogen (secondary N) is 2. The lowest BCUT2D eigenvalue weighted by Crippen LogP contribution is -2.45. The normalized spacial score (nSPS) is 11.8. The average Bonchev–Trinajstić information content (AvgIpc) is 3.19. The third kappa shape index (κ3) is 7.35. The molecule has 2 aromatic carbocycles. The van der Waals surface area contributed by atoms with Gasteiger partial charge in [0.2, 0.25) is 0 Å². The predicted octanol–water partition coefficient (Wildman–Crippen LogP) is 6.11. The maximum atomic E-state index is 12.1. The van der Waals surface area contributed by atoms with Crippen molar-refractivity contribution in [1.29, 1.82) is 0 Å². The molecule has 7 nitrogen and oxygen atoms in total. The molecule has 10 heteroatoms. The number of amides is 1. The molecule has 3 N–H and O–H groups in total. The van der Waals surface area contributed by atoms with E-state index in [1.807, 2.05) is 36.4 Å². The van der Waals surface area contributed by atoms with Crippen LogP contribution in [0.4, 0.5) is 9.93 Å². The molecule has 0 bridgehead atoms. The van der Waals surface area contributed by atoms with E-state index in [1.54, 1.807) is 12.1 Å². The van der Waals surface area contributed by atoms with Crippen LogP contribution in [0.1, 0.15) is 24.3 Å². The highest BCUT2D eigenvalue weighted by atomic mass is 35.5. The van der Waals surface area contributed by atoms with Crippen molar-refractivity contribution in [3.63, 3.8) is 0 Å². The van der Waals surface area contributed by atoms with Gasteiger partial charge in [0.1, 0.15) is 12.6 Å². The van der Waals surface area contributed by atoms with Gasteiger partial charge in [0.25, 0.3) is 0 Å². The number of carboxylic acids is 1. The molecule has 0 aliphatic heterocycles. The first-order valence-corrected chi connectivity index (χ1v) is 12.2. The van der Waals surface area contributed by atoms with Crippen LogP contribution < -0.4 is 10.6 Å². The van der Waals surface area contributed by atoms with Crippen LogP contribution in [-0.4, -0.2) is 34.7 Å². The molecule has 180 valence electrons. The molecule has 34 heavy (non-hydrogen) atoms. The average molecular weight is 522 g/mol. The summed E-state index contributed by atoms with van der Waals surface area (Å²) in [5, 5.41) is 16.4. The highest BCUT2D eigenvalue weighted by molar-refractivity contribution is 7.16. The summed E-state index contributed by atoms with van der Waals surface area (Å²) in [7, 11) is 0. The van der Waals surface area contributed by atoms with Gasteiger partial charge in [0, 0.05) is 17.0 Å². The van der Waals surface area contributed by atoms with Gasteiger partial charge in [-0.25, -0.2) is 14.6 Å². The lowest BCUT2D eigenvalue weighted by Gasteiger charge is -2.15. The predicted molar refractivity (Wildman–Crippen MR) is 136 cm³/mol. The van der Waals surface area contributed by atoms with E-state index in [-0.39, 0.29) is 13.2 Å². The second-order valence-corrected chi connectivity index (χ2v) is 9.89. The smallest absolute Gasteiger partial charge is 0.408 e. The van der Waals surface area contributed by atoms with Crippen molar-refractivity contribution < 1.29 is 19.4 Å². The van der Waals surface area contributed by atoms with Crippen LogP contribution in [0.5, 0.6) is 0 Å². The second kappa shape index (κ2) is 12.1. The number of hydrogen-bond donors (Lipinski definition) is 3. The van der Waals surface area contributed by atoms with Crippen LogP contribution in [0.25, 0.3) is 11.3 Å². The molecule has 0 saturated heterocycles. The standard InChI is InChI=1S/C24H25Cl2N3O4S/c1-14(2)10-20-21(16-8-9-17(25)18(26)11-16)29-23(34-20)27-12-19(22(30)31)28-24(32)33-13-15-6-4-3-5-7-15/h3-9,11,14,19H,10,12-13H2,1-2H3,(H,27,29)(H,28,32)(H,30,31). The second-order valence-electron chi connectivity index (χ2n) is 8.00. The number of nitrogens with zero attached hydrogens (tertiary/aromatic N) is 1. The minimum absolute atomic E-state index is 0.0461. The lowest BCUT2D eigenvalue weighted by molar-refractivity contribution is -0.139. The molecule has 3 rings (SSSR count). The maximum Gasteiger partial charge on any atom is 0.408 e. The highest BCUT2D eigenvalue weighted by Gasteiger charge is 2.22. The number of carboxylic acid groups (broad SMARTS) is 1. The van der Waals surface area contributed by atoms with Crippen molar-refractivity contribution in [2.75, 3.05) is 11.9 Å². The van der Waals surface area contributed by atoms with Gasteiger partial charge in [0.15, 0.2) is 5.13 Å². The van der Waals surface area contributed by atoms with Crippen LogP contribution in [0, 0.1) is 5.92 Å². The first-order valence-electron chi connectivity index (χ1n) is 10.6. The van der Waals surface area contributed by atoms with Crippen LogP contribution in [0.3, 0.4) is 0 Å². The van der Waals surface area contributed by atoms with Gasteiger partial charge >= 0.3 is 12.1 Å². The largest absolute Gasteiger partial charge is 0.480 e. The van der Waals surface area contributed by atoms with E-state index in [2.05, 4.69) is 29.5 Å². The molecule has 1 unspecified atom stereocenters. The molecule has 0 aliphatic rings. The fraction of sp³-hybridized carbons (Fsp3) is 0.292. The molecule has 1 heterocycles. The van der Waals surface area contributed by atoms with E-state index < -0.39 is 18.1 Å². The molecule has 0 spiro atoms. The molecule has 1 amide bonds. The van der Waals surface area contributed by atoms with Crippen molar-refractivity contribution in [2.45, 2.75) is 32.9 Å². The zero-order valence-electron chi connectivity index (χ0n) is 18.7. The number of halogens is 2. The maximum absolute atomic E-state index is 12.1. The quantitative estimate of drug-likeness (QED) is 0.297. The number of rotatable bonds is 10. The highest BCUT2D eigenvalue weighted by Crippen LogP contribution is 2.35. The molecular formula is C24H25Cl2N3O4S. The molecule has 3 aromatic rings. The number of anilines is 1. The van der Waals surface area contributed by atoms with Crippen LogP contribution in [0.15, 0.2) is 48.5 Å². The van der Waals surface area contributed by atoms with Crippen molar-refractivity contribution >= 4 is 51.7 Å². The van der Waals surface area contributed by atoms with Crippen LogP contribution in [-0.2, 0) is 22.6 Å². The fourth-order valence-electron chi connectivity index (χ4n) is 3.10. The summed E-state index contributed by atoms with van der Waals surface area (Å²) in [5.41, 5.74) is 2.39. The first-order chi connectivity index (χ1) is 16.2. The minimum Gasteiger partial charge on any atom is -0.480 e. The first kappa shape index (κ1) is 25.8. The van der Waals surface area contributed by atoms with Crippen molar-refractivity contribution in [2.24, 2.45) is 5.92 Å². The Morgan fingerprint density at radius 1 is 1.12 bits per heavy atom. The Hall–Kier alpha value is -2.81. The summed E-state index contributed by atoms with van der Waals surface area (Å²) in [6.07, 6.45) is -0.0179. The Morgan fingerprint density at radius 3 is 2.50 bits per heavy atom. The topological polar surface area (TPSA) is 101 Å². The number of carbonyl (C=O) groups is 2. The number of aromatic nitrogens is 1. The van der Waals surface area contributed by atoms with Gasteiger partial charge in [-0.05, 0) is 30.0 Å². The minimum atomic E-state index is -1.20.